The number of allylic oxidation sites excluding steroid dienone is 1. The van der Waals surface area contributed by atoms with Gasteiger partial charge in [-0.25, -0.2) is 4.79 Å². The summed E-state index contributed by atoms with van der Waals surface area (Å²) in [6, 6.07) is 0. The maximum absolute atomic E-state index is 10.8. The lowest BCUT2D eigenvalue weighted by atomic mass is 10.1. The molecule has 0 aliphatic rings. The van der Waals surface area contributed by atoms with E-state index in [9.17, 15) is 4.79 Å². The van der Waals surface area contributed by atoms with Crippen LogP contribution < -0.4 is 12.4 Å². The van der Waals surface area contributed by atoms with Gasteiger partial charge in [0, 0.05) is 6.92 Å². The normalized spacial score (nSPS) is 13.0. The van der Waals surface area contributed by atoms with Crippen molar-refractivity contribution in [2.24, 2.45) is 0 Å². The molecule has 0 amide bonds. The number of halogens is 1. The molecule has 0 aliphatic heterocycles. The van der Waals surface area contributed by atoms with E-state index in [4.69, 9.17) is 5.11 Å². The van der Waals surface area contributed by atoms with Gasteiger partial charge in [-0.15, -0.1) is 0 Å². The first-order valence-electron chi connectivity index (χ1n) is 4.05. The van der Waals surface area contributed by atoms with Crippen LogP contribution in [0.25, 0.3) is 0 Å². The van der Waals surface area contributed by atoms with Crippen molar-refractivity contribution < 1.29 is 26.8 Å². The Morgan fingerprint density at radius 3 is 1.77 bits per heavy atom. The molecule has 0 aromatic rings. The zero-order valence-corrected chi connectivity index (χ0v) is 9.64. The quantitative estimate of drug-likeness (QED) is 0.450. The van der Waals surface area contributed by atoms with Gasteiger partial charge in [0.05, 0.1) is 26.7 Å². The van der Waals surface area contributed by atoms with Gasteiger partial charge in [-0.3, -0.25) is 0 Å². The number of hydrogen-bond acceptors (Lipinski definition) is 1. The Balaban J connectivity index is 0. The molecule has 0 spiro atoms. The fourth-order valence-electron chi connectivity index (χ4n) is 0.967. The fraction of sp³-hybridized carbons (Fsp3) is 0.667. The van der Waals surface area contributed by atoms with E-state index >= 15 is 0 Å². The fourth-order valence-corrected chi connectivity index (χ4v) is 0.967. The van der Waals surface area contributed by atoms with Crippen LogP contribution in [0.3, 0.4) is 0 Å². The summed E-state index contributed by atoms with van der Waals surface area (Å²) in [5.74, 6) is -0.803. The molecule has 0 bridgehead atoms. The molecular formula is C9H18ClNO2. The highest BCUT2D eigenvalue weighted by Gasteiger charge is 2.19. The van der Waals surface area contributed by atoms with E-state index in [1.165, 1.54) is 0 Å². The molecule has 0 radical (unpaired) electrons. The summed E-state index contributed by atoms with van der Waals surface area (Å²) in [6.07, 6.45) is 0.580. The van der Waals surface area contributed by atoms with Crippen molar-refractivity contribution in [1.29, 1.82) is 0 Å². The third-order valence-electron chi connectivity index (χ3n) is 2.05. The number of hydrogen-bond donors (Lipinski definition) is 1. The average molecular weight is 208 g/mol. The minimum Gasteiger partial charge on any atom is -1.00 e. The molecule has 0 heterocycles. The van der Waals surface area contributed by atoms with Gasteiger partial charge in [0.2, 0.25) is 0 Å². The summed E-state index contributed by atoms with van der Waals surface area (Å²) in [7, 11) is 5.90. The largest absolute Gasteiger partial charge is 1.00 e. The number of nitrogens with zero attached hydrogens (tertiary/aromatic N) is 1. The first kappa shape index (κ1) is 15.0. The number of aliphatic carboxylic acids is 1. The molecule has 0 aromatic heterocycles. The summed E-state index contributed by atoms with van der Waals surface area (Å²) in [6.45, 7) is 3.73. The van der Waals surface area contributed by atoms with Gasteiger partial charge in [0.1, 0.15) is 5.70 Å². The van der Waals surface area contributed by atoms with Crippen molar-refractivity contribution in [3.8, 4) is 0 Å². The first-order valence-corrected chi connectivity index (χ1v) is 4.05. The minimum atomic E-state index is -0.803. The Kier molecular flexibility index (Phi) is 6.04. The zero-order valence-electron chi connectivity index (χ0n) is 8.89. The third-order valence-corrected chi connectivity index (χ3v) is 2.05. The molecular weight excluding hydrogens is 190 g/mol. The van der Waals surface area contributed by atoms with Crippen LogP contribution in [0.5, 0.6) is 0 Å². The summed E-state index contributed by atoms with van der Waals surface area (Å²) in [5.41, 5.74) is 1.42. The van der Waals surface area contributed by atoms with Gasteiger partial charge in [-0.05, 0) is 6.42 Å². The molecule has 1 N–H and O–H groups in total. The van der Waals surface area contributed by atoms with Crippen molar-refractivity contribution in [3.05, 3.63) is 11.3 Å². The van der Waals surface area contributed by atoms with Gasteiger partial charge in [0.25, 0.3) is 0 Å². The second kappa shape index (κ2) is 5.25. The molecule has 0 aliphatic carbocycles. The molecule has 0 aromatic carbocycles. The molecule has 0 fully saturated rings. The van der Waals surface area contributed by atoms with Gasteiger partial charge >= 0.3 is 5.97 Å². The summed E-state index contributed by atoms with van der Waals surface area (Å²) in [5, 5.41) is 8.84. The van der Waals surface area contributed by atoms with Crippen molar-refractivity contribution in [2.45, 2.75) is 20.3 Å². The van der Waals surface area contributed by atoms with Gasteiger partial charge in [0.15, 0.2) is 0 Å². The highest BCUT2D eigenvalue weighted by atomic mass is 35.5. The third kappa shape index (κ3) is 4.29. The maximum Gasteiger partial charge on any atom is 0.337 e. The van der Waals surface area contributed by atoms with Crippen molar-refractivity contribution in [3.63, 3.8) is 0 Å². The topological polar surface area (TPSA) is 37.3 Å². The minimum absolute atomic E-state index is 0. The second-order valence-corrected chi connectivity index (χ2v) is 3.74. The van der Waals surface area contributed by atoms with E-state index in [0.717, 1.165) is 5.70 Å². The van der Waals surface area contributed by atoms with Gasteiger partial charge in [-0.1, -0.05) is 6.92 Å². The standard InChI is InChI=1S/C9H17NO2.ClH/c1-6-8(9(11)12)7(2)10(3,4)5;/h6H2,1-5H3;1H. The summed E-state index contributed by atoms with van der Waals surface area (Å²) < 4.78 is 0.579. The predicted octanol–water partition coefficient (Wildman–Crippen LogP) is -1.53. The molecule has 0 atom stereocenters. The lowest BCUT2D eigenvalue weighted by molar-refractivity contribution is -0.831. The highest BCUT2D eigenvalue weighted by Crippen LogP contribution is 2.15. The maximum atomic E-state index is 10.8. The Bertz CT molecular complexity index is 216. The number of rotatable bonds is 3. The summed E-state index contributed by atoms with van der Waals surface area (Å²) >= 11 is 0. The van der Waals surface area contributed by atoms with E-state index < -0.39 is 5.97 Å². The Labute approximate surface area is 86.0 Å². The number of carboxylic acids is 1. The Morgan fingerprint density at radius 2 is 1.69 bits per heavy atom. The molecule has 13 heavy (non-hydrogen) atoms. The lowest BCUT2D eigenvalue weighted by Gasteiger charge is -2.25. The van der Waals surface area contributed by atoms with Crippen LogP contribution in [-0.4, -0.2) is 36.7 Å². The Hall–Kier alpha value is -0.540. The molecule has 0 saturated carbocycles. The highest BCUT2D eigenvalue weighted by molar-refractivity contribution is 5.86. The monoisotopic (exact) mass is 207 g/mol. The smallest absolute Gasteiger partial charge is 0.337 e. The van der Waals surface area contributed by atoms with Crippen LogP contribution in [0.2, 0.25) is 0 Å². The molecule has 0 saturated heterocycles. The van der Waals surface area contributed by atoms with Gasteiger partial charge in [-0.2, -0.15) is 0 Å². The SMILES string of the molecule is CCC(C(=O)O)=C(C)[N+](C)(C)C.[Cl-]. The zero-order chi connectivity index (χ0) is 9.94. The van der Waals surface area contributed by atoms with Crippen molar-refractivity contribution in [2.75, 3.05) is 21.1 Å². The van der Waals surface area contributed by atoms with Crippen molar-refractivity contribution >= 4 is 5.97 Å². The van der Waals surface area contributed by atoms with Crippen LogP contribution >= 0.6 is 0 Å². The van der Waals surface area contributed by atoms with E-state index in [1.807, 2.05) is 35.0 Å². The van der Waals surface area contributed by atoms with Crippen LogP contribution in [0.15, 0.2) is 11.3 Å². The predicted molar refractivity (Wildman–Crippen MR) is 48.7 cm³/mol. The summed E-state index contributed by atoms with van der Waals surface area (Å²) in [4.78, 5) is 10.8. The number of carbonyl (C=O) groups is 1. The van der Waals surface area contributed by atoms with Gasteiger partial charge < -0.3 is 22.0 Å². The molecule has 0 unspecified atom stereocenters. The van der Waals surface area contributed by atoms with Crippen LogP contribution in [-0.2, 0) is 4.79 Å². The average Bonchev–Trinajstić information content (AvgIpc) is 1.86. The van der Waals surface area contributed by atoms with E-state index in [1.54, 1.807) is 0 Å². The van der Waals surface area contributed by atoms with E-state index in [0.29, 0.717) is 16.5 Å². The van der Waals surface area contributed by atoms with E-state index in [2.05, 4.69) is 0 Å². The van der Waals surface area contributed by atoms with Crippen molar-refractivity contribution in [1.82, 2.24) is 0 Å². The molecule has 4 heteroatoms. The molecule has 0 rings (SSSR count). The number of carboxylic acid groups (broad SMARTS) is 1. The van der Waals surface area contributed by atoms with Crippen LogP contribution in [0, 0.1) is 0 Å². The van der Waals surface area contributed by atoms with E-state index in [-0.39, 0.29) is 12.4 Å². The number of quaternary nitrogens is 1. The Morgan fingerprint density at radius 1 is 1.31 bits per heavy atom. The second-order valence-electron chi connectivity index (χ2n) is 3.74. The van der Waals surface area contributed by atoms with Crippen LogP contribution in [0.4, 0.5) is 0 Å². The lowest BCUT2D eigenvalue weighted by Crippen LogP contribution is -3.00. The molecule has 3 nitrogen and oxygen atoms in total. The first-order chi connectivity index (χ1) is 5.30. The molecule has 78 valence electrons. The van der Waals surface area contributed by atoms with Crippen LogP contribution in [0.1, 0.15) is 20.3 Å².